The third-order valence-corrected chi connectivity index (χ3v) is 2.10. The Bertz CT molecular complexity index is 368. The van der Waals surface area contributed by atoms with Crippen LogP contribution in [-0.2, 0) is 4.79 Å². The van der Waals surface area contributed by atoms with Crippen LogP contribution in [0.2, 0.25) is 0 Å². The third kappa shape index (κ3) is 4.33. The van der Waals surface area contributed by atoms with Crippen molar-refractivity contribution in [1.82, 2.24) is 15.3 Å². The minimum Gasteiger partial charge on any atom is -0.505 e. The molecule has 1 heterocycles. The molecule has 1 aromatic rings. The quantitative estimate of drug-likeness (QED) is 0.531. The Hall–Kier alpha value is -1.73. The Morgan fingerprint density at radius 1 is 1.41 bits per heavy atom. The average Bonchev–Trinajstić information content (AvgIpc) is 2.28. The van der Waals surface area contributed by atoms with Gasteiger partial charge in [-0.15, -0.1) is 0 Å². The van der Waals surface area contributed by atoms with Gasteiger partial charge in [0.15, 0.2) is 11.6 Å². The number of hydrogen-bond donors (Lipinski definition) is 4. The van der Waals surface area contributed by atoms with Crippen molar-refractivity contribution in [1.29, 1.82) is 0 Å². The molecular formula is C10H15N3O4. The summed E-state index contributed by atoms with van der Waals surface area (Å²) in [4.78, 5) is 18.0. The first-order chi connectivity index (χ1) is 8.00. The van der Waals surface area contributed by atoms with Gasteiger partial charge in [0.1, 0.15) is 6.10 Å². The average molecular weight is 241 g/mol. The summed E-state index contributed by atoms with van der Waals surface area (Å²) >= 11 is 0. The summed E-state index contributed by atoms with van der Waals surface area (Å²) < 4.78 is 0. The zero-order chi connectivity index (χ0) is 12.8. The van der Waals surface area contributed by atoms with Crippen molar-refractivity contribution in [2.45, 2.75) is 25.6 Å². The monoisotopic (exact) mass is 241 g/mol. The fraction of sp³-hybridized carbons (Fsp3) is 0.500. The van der Waals surface area contributed by atoms with Crippen molar-refractivity contribution in [3.63, 3.8) is 0 Å². The lowest BCUT2D eigenvalue weighted by molar-refractivity contribution is -0.119. The van der Waals surface area contributed by atoms with Crippen LogP contribution in [0.3, 0.4) is 0 Å². The number of nitrogens with one attached hydrogen (secondary N) is 1. The standard InChI is InChI=1S/C10H15N3O4/c1-6(14)11-3-2-8(16)9(17)10-12-4-7(15)5-13-10/h4-5,8-9,15-17H,2-3H2,1H3,(H,11,14). The minimum atomic E-state index is -1.25. The summed E-state index contributed by atoms with van der Waals surface area (Å²) in [5.41, 5.74) is 0. The maximum atomic E-state index is 10.6. The van der Waals surface area contributed by atoms with Crippen LogP contribution in [0, 0.1) is 0 Å². The Kier molecular flexibility index (Phi) is 4.80. The van der Waals surface area contributed by atoms with E-state index in [9.17, 15) is 15.0 Å². The van der Waals surface area contributed by atoms with Crippen molar-refractivity contribution in [2.24, 2.45) is 0 Å². The van der Waals surface area contributed by atoms with Gasteiger partial charge in [-0.3, -0.25) is 4.79 Å². The first-order valence-electron chi connectivity index (χ1n) is 5.12. The molecule has 0 bridgehead atoms. The molecule has 7 nitrogen and oxygen atoms in total. The molecule has 7 heteroatoms. The lowest BCUT2D eigenvalue weighted by Crippen LogP contribution is -2.28. The minimum absolute atomic E-state index is 0.0260. The number of carbonyl (C=O) groups is 1. The van der Waals surface area contributed by atoms with E-state index in [2.05, 4.69) is 15.3 Å². The summed E-state index contributed by atoms with van der Waals surface area (Å²) in [6, 6.07) is 0. The zero-order valence-corrected chi connectivity index (χ0v) is 9.37. The van der Waals surface area contributed by atoms with Crippen LogP contribution in [0.5, 0.6) is 5.75 Å². The molecule has 1 rings (SSSR count). The number of aromatic nitrogens is 2. The molecule has 0 saturated heterocycles. The number of carbonyl (C=O) groups excluding carboxylic acids is 1. The van der Waals surface area contributed by atoms with E-state index in [4.69, 9.17) is 5.11 Å². The van der Waals surface area contributed by atoms with Gasteiger partial charge in [-0.2, -0.15) is 0 Å². The van der Waals surface area contributed by atoms with Crippen LogP contribution in [0.15, 0.2) is 12.4 Å². The van der Waals surface area contributed by atoms with Gasteiger partial charge >= 0.3 is 0 Å². The van der Waals surface area contributed by atoms with Crippen molar-refractivity contribution in [2.75, 3.05) is 6.54 Å². The Morgan fingerprint density at radius 3 is 2.53 bits per heavy atom. The van der Waals surface area contributed by atoms with E-state index in [0.717, 1.165) is 12.4 Å². The molecule has 0 saturated carbocycles. The molecular weight excluding hydrogens is 226 g/mol. The van der Waals surface area contributed by atoms with E-state index in [1.54, 1.807) is 0 Å². The largest absolute Gasteiger partial charge is 0.505 e. The molecule has 2 atom stereocenters. The Labute approximate surface area is 98.2 Å². The first kappa shape index (κ1) is 13.3. The molecule has 0 aliphatic heterocycles. The zero-order valence-electron chi connectivity index (χ0n) is 9.37. The second-order valence-corrected chi connectivity index (χ2v) is 3.58. The maximum Gasteiger partial charge on any atom is 0.216 e. The molecule has 0 fully saturated rings. The van der Waals surface area contributed by atoms with E-state index in [1.807, 2.05) is 0 Å². The predicted octanol–water partition coefficient (Wildman–Crippen LogP) is -0.897. The molecule has 4 N–H and O–H groups in total. The summed E-state index contributed by atoms with van der Waals surface area (Å²) in [6.07, 6.45) is 0.124. The van der Waals surface area contributed by atoms with Crippen molar-refractivity contribution >= 4 is 5.91 Å². The number of amides is 1. The van der Waals surface area contributed by atoms with Crippen LogP contribution >= 0.6 is 0 Å². The molecule has 17 heavy (non-hydrogen) atoms. The highest BCUT2D eigenvalue weighted by atomic mass is 16.3. The van der Waals surface area contributed by atoms with Crippen LogP contribution in [0.1, 0.15) is 25.3 Å². The van der Waals surface area contributed by atoms with Gasteiger partial charge in [-0.25, -0.2) is 9.97 Å². The van der Waals surface area contributed by atoms with E-state index in [0.29, 0.717) is 0 Å². The summed E-state index contributed by atoms with van der Waals surface area (Å²) in [5, 5.41) is 30.7. The van der Waals surface area contributed by atoms with Gasteiger partial charge in [0.25, 0.3) is 0 Å². The van der Waals surface area contributed by atoms with Gasteiger partial charge in [-0.1, -0.05) is 0 Å². The highest BCUT2D eigenvalue weighted by Gasteiger charge is 2.20. The van der Waals surface area contributed by atoms with E-state index < -0.39 is 12.2 Å². The summed E-state index contributed by atoms with van der Waals surface area (Å²) in [6.45, 7) is 1.62. The van der Waals surface area contributed by atoms with E-state index in [1.165, 1.54) is 6.92 Å². The van der Waals surface area contributed by atoms with Crippen LogP contribution in [-0.4, -0.2) is 43.8 Å². The molecule has 1 aromatic heterocycles. The summed E-state index contributed by atoms with van der Waals surface area (Å²) in [5.74, 6) is -0.292. The highest BCUT2D eigenvalue weighted by molar-refractivity contribution is 5.72. The SMILES string of the molecule is CC(=O)NCCC(O)C(O)c1ncc(O)cn1. The summed E-state index contributed by atoms with van der Waals surface area (Å²) in [7, 11) is 0. The van der Waals surface area contributed by atoms with Crippen LogP contribution in [0.4, 0.5) is 0 Å². The van der Waals surface area contributed by atoms with Gasteiger partial charge in [0.2, 0.25) is 5.91 Å². The highest BCUT2D eigenvalue weighted by Crippen LogP contribution is 2.15. The number of hydrogen-bond acceptors (Lipinski definition) is 6. The number of aliphatic hydroxyl groups excluding tert-OH is 2. The molecule has 0 aliphatic rings. The predicted molar refractivity (Wildman–Crippen MR) is 58.0 cm³/mol. The van der Waals surface area contributed by atoms with Crippen molar-refractivity contribution in [3.8, 4) is 5.75 Å². The number of aromatic hydroxyl groups is 1. The third-order valence-electron chi connectivity index (χ3n) is 2.10. The topological polar surface area (TPSA) is 116 Å². The van der Waals surface area contributed by atoms with Gasteiger partial charge in [-0.05, 0) is 6.42 Å². The normalized spacial score (nSPS) is 14.1. The van der Waals surface area contributed by atoms with Gasteiger partial charge in [0, 0.05) is 13.5 Å². The van der Waals surface area contributed by atoms with Crippen molar-refractivity contribution < 1.29 is 20.1 Å². The molecule has 94 valence electrons. The van der Waals surface area contributed by atoms with Crippen LogP contribution < -0.4 is 5.32 Å². The number of nitrogens with zero attached hydrogens (tertiary/aromatic N) is 2. The van der Waals surface area contributed by atoms with Crippen molar-refractivity contribution in [3.05, 3.63) is 18.2 Å². The molecule has 0 aromatic carbocycles. The lowest BCUT2D eigenvalue weighted by Gasteiger charge is -2.16. The van der Waals surface area contributed by atoms with Crippen LogP contribution in [0.25, 0.3) is 0 Å². The Morgan fingerprint density at radius 2 is 2.00 bits per heavy atom. The first-order valence-corrected chi connectivity index (χ1v) is 5.12. The van der Waals surface area contributed by atoms with E-state index >= 15 is 0 Å². The molecule has 2 unspecified atom stereocenters. The molecule has 0 aliphatic carbocycles. The maximum absolute atomic E-state index is 10.6. The fourth-order valence-corrected chi connectivity index (χ4v) is 1.21. The second-order valence-electron chi connectivity index (χ2n) is 3.58. The Balaban J connectivity index is 2.48. The smallest absolute Gasteiger partial charge is 0.216 e. The van der Waals surface area contributed by atoms with E-state index in [-0.39, 0.29) is 30.4 Å². The number of aliphatic hydroxyl groups is 2. The number of rotatable bonds is 5. The second kappa shape index (κ2) is 6.12. The molecule has 0 radical (unpaired) electrons. The lowest BCUT2D eigenvalue weighted by atomic mass is 10.1. The van der Waals surface area contributed by atoms with Gasteiger partial charge < -0.3 is 20.6 Å². The molecule has 0 spiro atoms. The molecule has 1 amide bonds. The fourth-order valence-electron chi connectivity index (χ4n) is 1.21. The van der Waals surface area contributed by atoms with Gasteiger partial charge in [0.05, 0.1) is 18.5 Å².